The first-order chi connectivity index (χ1) is 12.5. The van der Waals surface area contributed by atoms with Gasteiger partial charge in [-0.15, -0.1) is 11.3 Å². The maximum Gasteiger partial charge on any atom is 0.265 e. The summed E-state index contributed by atoms with van der Waals surface area (Å²) in [5.41, 5.74) is 1.64. The first-order valence-corrected chi connectivity index (χ1v) is 10.7. The van der Waals surface area contributed by atoms with Crippen LogP contribution >= 0.6 is 11.3 Å². The maximum absolute atomic E-state index is 12.4. The van der Waals surface area contributed by atoms with Crippen molar-refractivity contribution in [2.24, 2.45) is 5.92 Å². The van der Waals surface area contributed by atoms with Crippen molar-refractivity contribution >= 4 is 27.3 Å². The van der Waals surface area contributed by atoms with Crippen molar-refractivity contribution in [2.75, 3.05) is 26.7 Å². The molecule has 1 aliphatic heterocycles. The Morgan fingerprint density at radius 1 is 1.38 bits per heavy atom. The van der Waals surface area contributed by atoms with Crippen LogP contribution in [0, 0.1) is 5.92 Å². The largest absolute Gasteiger partial charge is 0.497 e. The summed E-state index contributed by atoms with van der Waals surface area (Å²) in [5, 5.41) is 0. The van der Waals surface area contributed by atoms with Gasteiger partial charge in [0.1, 0.15) is 10.6 Å². The summed E-state index contributed by atoms with van der Waals surface area (Å²) >= 11 is 1.32. The smallest absolute Gasteiger partial charge is 0.265 e. The Morgan fingerprint density at radius 3 is 2.81 bits per heavy atom. The Morgan fingerprint density at radius 2 is 2.15 bits per heavy atom. The van der Waals surface area contributed by atoms with Gasteiger partial charge >= 0.3 is 0 Å². The summed E-state index contributed by atoms with van der Waals surface area (Å²) < 4.78 is 32.6. The lowest BCUT2D eigenvalue weighted by Gasteiger charge is -2.32. The number of sulfonamides is 1. The van der Waals surface area contributed by atoms with Crippen molar-refractivity contribution in [2.45, 2.75) is 17.7 Å². The van der Waals surface area contributed by atoms with Crippen LogP contribution in [0.25, 0.3) is 0 Å². The molecule has 1 aromatic heterocycles. The van der Waals surface area contributed by atoms with Crippen LogP contribution in [0.5, 0.6) is 5.75 Å². The first-order valence-electron chi connectivity index (χ1n) is 8.31. The topological polar surface area (TPSA) is 88.6 Å². The second kappa shape index (κ2) is 8.15. The van der Waals surface area contributed by atoms with Crippen LogP contribution in [0.4, 0.5) is 0 Å². The minimum Gasteiger partial charge on any atom is -0.497 e. The normalized spacial score (nSPS) is 17.9. The van der Waals surface area contributed by atoms with Gasteiger partial charge in [-0.25, -0.2) is 13.1 Å². The van der Waals surface area contributed by atoms with Crippen LogP contribution in [-0.4, -0.2) is 51.0 Å². The van der Waals surface area contributed by atoms with Gasteiger partial charge < -0.3 is 9.64 Å². The number of amides is 1. The lowest BCUT2D eigenvalue weighted by Crippen LogP contribution is -2.43. The molecular weight excluding hydrogens is 374 g/mol. The van der Waals surface area contributed by atoms with E-state index in [1.165, 1.54) is 30.6 Å². The molecule has 1 aromatic carbocycles. The zero-order valence-corrected chi connectivity index (χ0v) is 16.1. The third-order valence-corrected chi connectivity index (χ3v) is 6.58. The second-order valence-electron chi connectivity index (χ2n) is 6.15. The highest BCUT2D eigenvalue weighted by Gasteiger charge is 2.26. The number of piperidine rings is 1. The zero-order chi connectivity index (χ0) is 18.6. The molecule has 2 aromatic rings. The van der Waals surface area contributed by atoms with Crippen molar-refractivity contribution in [3.63, 3.8) is 0 Å². The number of methoxy groups -OCH3 is 1. The molecule has 1 saturated heterocycles. The molecule has 1 amide bonds. The molecule has 0 saturated carbocycles. The van der Waals surface area contributed by atoms with Gasteiger partial charge in [-0.1, -0.05) is 0 Å². The first kappa shape index (κ1) is 18.8. The highest BCUT2D eigenvalue weighted by Crippen LogP contribution is 2.21. The van der Waals surface area contributed by atoms with Gasteiger partial charge in [0.15, 0.2) is 0 Å². The Kier molecular flexibility index (Phi) is 5.90. The Balaban J connectivity index is 1.59. The zero-order valence-electron chi connectivity index (χ0n) is 14.4. The number of likely N-dealkylation sites (tertiary alicyclic amines) is 1. The molecule has 1 N–H and O–H groups in total. The molecule has 2 heterocycles. The van der Waals surface area contributed by atoms with Gasteiger partial charge in [-0.2, -0.15) is 0 Å². The summed E-state index contributed by atoms with van der Waals surface area (Å²) in [7, 11) is -2.05. The van der Waals surface area contributed by atoms with Crippen molar-refractivity contribution < 1.29 is 17.9 Å². The van der Waals surface area contributed by atoms with Crippen LogP contribution in [0.3, 0.4) is 0 Å². The fraction of sp³-hybridized carbons (Fsp3) is 0.412. The third kappa shape index (κ3) is 4.40. The summed E-state index contributed by atoms with van der Waals surface area (Å²) in [5.74, 6) is 0.664. The van der Waals surface area contributed by atoms with E-state index in [-0.39, 0.29) is 16.7 Å². The van der Waals surface area contributed by atoms with E-state index in [1.807, 2.05) is 0 Å². The highest BCUT2D eigenvalue weighted by atomic mass is 32.2. The molecule has 1 aliphatic rings. The molecule has 1 atom stereocenters. The van der Waals surface area contributed by atoms with Crippen LogP contribution < -0.4 is 9.46 Å². The van der Waals surface area contributed by atoms with Crippen LogP contribution in [0.1, 0.15) is 22.5 Å². The molecule has 7 nitrogen and oxygen atoms in total. The summed E-state index contributed by atoms with van der Waals surface area (Å²) in [6, 6.07) is 6.26. The van der Waals surface area contributed by atoms with E-state index in [4.69, 9.17) is 4.74 Å². The van der Waals surface area contributed by atoms with Gasteiger partial charge in [0.05, 0.1) is 23.7 Å². The monoisotopic (exact) mass is 395 g/mol. The lowest BCUT2D eigenvalue weighted by atomic mass is 9.98. The number of benzene rings is 1. The number of hydrogen-bond donors (Lipinski definition) is 1. The van der Waals surface area contributed by atoms with E-state index in [9.17, 15) is 13.2 Å². The molecule has 3 rings (SSSR count). The molecule has 26 heavy (non-hydrogen) atoms. The van der Waals surface area contributed by atoms with E-state index in [1.54, 1.807) is 28.7 Å². The molecule has 0 unspecified atom stereocenters. The number of carbonyl (C=O) groups is 1. The lowest BCUT2D eigenvalue weighted by molar-refractivity contribution is 0.0681. The van der Waals surface area contributed by atoms with E-state index < -0.39 is 10.0 Å². The Hall–Kier alpha value is -1.97. The predicted molar refractivity (Wildman–Crippen MR) is 98.9 cm³/mol. The molecule has 0 aliphatic carbocycles. The number of hydrogen-bond acceptors (Lipinski definition) is 6. The van der Waals surface area contributed by atoms with E-state index in [0.29, 0.717) is 30.3 Å². The van der Waals surface area contributed by atoms with Crippen LogP contribution in [-0.2, 0) is 10.0 Å². The second-order valence-corrected chi connectivity index (χ2v) is 8.81. The summed E-state index contributed by atoms with van der Waals surface area (Å²) in [6.07, 6.45) is 3.32. The summed E-state index contributed by atoms with van der Waals surface area (Å²) in [4.78, 5) is 19.0. The minimum atomic E-state index is -3.58. The molecule has 140 valence electrons. The minimum absolute atomic E-state index is 0.0322. The number of nitrogens with zero attached hydrogens (tertiary/aromatic N) is 2. The van der Waals surface area contributed by atoms with Gasteiger partial charge in [0, 0.05) is 19.6 Å². The van der Waals surface area contributed by atoms with E-state index in [0.717, 1.165) is 12.8 Å². The predicted octanol–water partition coefficient (Wildman–Crippen LogP) is 1.98. The molecular formula is C17H21N3O4S2. The molecule has 0 spiro atoms. The number of carbonyl (C=O) groups excluding carboxylic acids is 1. The fourth-order valence-corrected chi connectivity index (χ4v) is 4.66. The number of nitrogens with one attached hydrogen (secondary N) is 1. The van der Waals surface area contributed by atoms with Crippen molar-refractivity contribution in [1.29, 1.82) is 0 Å². The van der Waals surface area contributed by atoms with E-state index in [2.05, 4.69) is 9.71 Å². The molecule has 0 radical (unpaired) electrons. The Bertz CT molecular complexity index is 835. The van der Waals surface area contributed by atoms with Gasteiger partial charge in [0.2, 0.25) is 10.0 Å². The average Bonchev–Trinajstić information content (AvgIpc) is 3.21. The van der Waals surface area contributed by atoms with Crippen molar-refractivity contribution in [3.05, 3.63) is 40.8 Å². The quantitative estimate of drug-likeness (QED) is 0.808. The van der Waals surface area contributed by atoms with Gasteiger partial charge in [-0.05, 0) is 43.0 Å². The number of thiazole rings is 1. The SMILES string of the molecule is COc1ccc(S(=O)(=O)NC[C@@H]2CCCN(C(=O)c3cncs3)C2)cc1. The van der Waals surface area contributed by atoms with Gasteiger partial charge in [-0.3, -0.25) is 9.78 Å². The number of aromatic nitrogens is 1. The van der Waals surface area contributed by atoms with Crippen molar-refractivity contribution in [3.8, 4) is 5.75 Å². The standard InChI is InChI=1S/C17H21N3O4S2/c1-24-14-4-6-15(7-5-14)26(22,23)19-9-13-3-2-8-20(11-13)17(21)16-10-18-12-25-16/h4-7,10,12-13,19H,2-3,8-9,11H2,1H3/t13-/m0/s1. The average molecular weight is 396 g/mol. The number of rotatable bonds is 6. The third-order valence-electron chi connectivity index (χ3n) is 4.38. The van der Waals surface area contributed by atoms with Crippen LogP contribution in [0.15, 0.2) is 40.9 Å². The van der Waals surface area contributed by atoms with Crippen LogP contribution in [0.2, 0.25) is 0 Å². The van der Waals surface area contributed by atoms with Gasteiger partial charge in [0.25, 0.3) is 5.91 Å². The molecule has 1 fully saturated rings. The highest BCUT2D eigenvalue weighted by molar-refractivity contribution is 7.89. The van der Waals surface area contributed by atoms with E-state index >= 15 is 0 Å². The Labute approximate surface area is 157 Å². The number of ether oxygens (including phenoxy) is 1. The molecule has 0 bridgehead atoms. The van der Waals surface area contributed by atoms with Crippen molar-refractivity contribution in [1.82, 2.24) is 14.6 Å². The summed E-state index contributed by atoms with van der Waals surface area (Å²) in [6.45, 7) is 1.54. The maximum atomic E-state index is 12.4. The fourth-order valence-electron chi connectivity index (χ4n) is 2.96. The molecule has 9 heteroatoms.